The predicted molar refractivity (Wildman–Crippen MR) is 66.7 cm³/mol. The van der Waals surface area contributed by atoms with Crippen LogP contribution in [0.2, 0.25) is 0 Å². The summed E-state index contributed by atoms with van der Waals surface area (Å²) in [7, 11) is 0. The number of aliphatic hydroxyl groups is 1. The van der Waals surface area contributed by atoms with Crippen molar-refractivity contribution >= 4 is 0 Å². The van der Waals surface area contributed by atoms with Crippen LogP contribution in [0.25, 0.3) is 0 Å². The van der Waals surface area contributed by atoms with Crippen LogP contribution in [0.1, 0.15) is 25.3 Å². The molecule has 3 heteroatoms. The molecule has 0 radical (unpaired) electrons. The lowest BCUT2D eigenvalue weighted by Gasteiger charge is -2.25. The lowest BCUT2D eigenvalue weighted by atomic mass is 9.85. The maximum Gasteiger partial charge on any atom is 0.218 e. The lowest BCUT2D eigenvalue weighted by molar-refractivity contribution is 0.186. The van der Waals surface area contributed by atoms with E-state index in [2.05, 4.69) is 24.1 Å². The van der Waals surface area contributed by atoms with E-state index in [-0.39, 0.29) is 6.61 Å². The molecule has 0 amide bonds. The molecule has 0 spiro atoms. The average Bonchev–Trinajstić information content (AvgIpc) is 2.38. The molecule has 92 valence electrons. The van der Waals surface area contributed by atoms with Gasteiger partial charge < -0.3 is 9.84 Å². The Bertz CT molecular complexity index is 390. The zero-order valence-electron chi connectivity index (χ0n) is 10.2. The lowest BCUT2D eigenvalue weighted by Crippen LogP contribution is -2.21. The summed E-state index contributed by atoms with van der Waals surface area (Å²) >= 11 is 0. The Morgan fingerprint density at radius 1 is 1.41 bits per heavy atom. The van der Waals surface area contributed by atoms with Gasteiger partial charge in [0.15, 0.2) is 0 Å². The van der Waals surface area contributed by atoms with Crippen LogP contribution in [-0.2, 0) is 6.61 Å². The van der Waals surface area contributed by atoms with Crippen molar-refractivity contribution in [2.24, 2.45) is 11.8 Å². The number of pyridine rings is 1. The van der Waals surface area contributed by atoms with Gasteiger partial charge in [-0.1, -0.05) is 19.1 Å². The summed E-state index contributed by atoms with van der Waals surface area (Å²) in [5.74, 6) is 1.77. The van der Waals surface area contributed by atoms with E-state index in [1.165, 1.54) is 0 Å². The molecule has 0 aliphatic heterocycles. The third-order valence-electron chi connectivity index (χ3n) is 3.37. The van der Waals surface area contributed by atoms with Crippen molar-refractivity contribution < 1.29 is 9.84 Å². The summed E-state index contributed by atoms with van der Waals surface area (Å²) in [4.78, 5) is 4.16. The largest absolute Gasteiger partial charge is 0.477 e. The minimum absolute atomic E-state index is 0.0245. The van der Waals surface area contributed by atoms with Crippen molar-refractivity contribution in [3.8, 4) is 5.88 Å². The minimum Gasteiger partial charge on any atom is -0.477 e. The fraction of sp³-hybridized carbons (Fsp3) is 0.500. The summed E-state index contributed by atoms with van der Waals surface area (Å²) in [6.45, 7) is 2.90. The van der Waals surface area contributed by atoms with Crippen molar-refractivity contribution in [2.45, 2.75) is 26.4 Å². The highest BCUT2D eigenvalue weighted by Gasteiger charge is 2.19. The van der Waals surface area contributed by atoms with Crippen LogP contribution < -0.4 is 4.74 Å². The van der Waals surface area contributed by atoms with Crippen LogP contribution in [0.4, 0.5) is 0 Å². The molecule has 1 aromatic heterocycles. The molecular weight excluding hydrogens is 214 g/mol. The van der Waals surface area contributed by atoms with Crippen LogP contribution in [-0.4, -0.2) is 16.7 Å². The van der Waals surface area contributed by atoms with Gasteiger partial charge >= 0.3 is 0 Å². The van der Waals surface area contributed by atoms with Gasteiger partial charge in [0.25, 0.3) is 0 Å². The second-order valence-electron chi connectivity index (χ2n) is 4.62. The summed E-state index contributed by atoms with van der Waals surface area (Å²) in [5, 5.41) is 9.18. The fourth-order valence-electron chi connectivity index (χ4n) is 2.10. The Kier molecular flexibility index (Phi) is 4.15. The van der Waals surface area contributed by atoms with Gasteiger partial charge in [0, 0.05) is 11.8 Å². The minimum atomic E-state index is -0.0245. The molecule has 0 fully saturated rings. The Hall–Kier alpha value is -1.35. The first kappa shape index (κ1) is 12.1. The molecule has 2 rings (SSSR count). The van der Waals surface area contributed by atoms with E-state index in [4.69, 9.17) is 4.74 Å². The number of aromatic nitrogens is 1. The van der Waals surface area contributed by atoms with Gasteiger partial charge in [0.2, 0.25) is 5.88 Å². The summed E-state index contributed by atoms with van der Waals surface area (Å²) in [6.07, 6.45) is 8.35. The van der Waals surface area contributed by atoms with Crippen LogP contribution in [0.5, 0.6) is 5.88 Å². The number of ether oxygens (including phenoxy) is 1. The van der Waals surface area contributed by atoms with E-state index in [0.717, 1.165) is 18.4 Å². The SMILES string of the molecule is CC1CC=CCC1COc1ncccc1CO. The maximum absolute atomic E-state index is 9.18. The maximum atomic E-state index is 9.18. The second-order valence-corrected chi connectivity index (χ2v) is 4.62. The number of allylic oxidation sites excluding steroid dienone is 2. The Balaban J connectivity index is 1.95. The number of hydrogen-bond acceptors (Lipinski definition) is 3. The highest BCUT2D eigenvalue weighted by atomic mass is 16.5. The fourth-order valence-corrected chi connectivity index (χ4v) is 2.10. The molecule has 0 bridgehead atoms. The van der Waals surface area contributed by atoms with E-state index in [1.807, 2.05) is 12.1 Å². The standard InChI is InChI=1S/C14H19NO2/c1-11-5-2-3-6-13(11)10-17-14-12(9-16)7-4-8-15-14/h2-4,7-8,11,13,16H,5-6,9-10H2,1H3. The number of nitrogens with zero attached hydrogens (tertiary/aromatic N) is 1. The zero-order chi connectivity index (χ0) is 12.1. The molecule has 1 heterocycles. The average molecular weight is 233 g/mol. The Labute approximate surface area is 102 Å². The number of aliphatic hydroxyl groups excluding tert-OH is 1. The van der Waals surface area contributed by atoms with Gasteiger partial charge in [-0.15, -0.1) is 0 Å². The molecule has 1 aromatic rings. The van der Waals surface area contributed by atoms with Crippen molar-refractivity contribution in [1.29, 1.82) is 0 Å². The molecule has 1 aliphatic rings. The van der Waals surface area contributed by atoms with E-state index in [9.17, 15) is 5.11 Å². The molecule has 1 aliphatic carbocycles. The highest BCUT2D eigenvalue weighted by molar-refractivity contribution is 5.24. The molecule has 0 saturated carbocycles. The van der Waals surface area contributed by atoms with E-state index in [0.29, 0.717) is 24.3 Å². The third-order valence-corrected chi connectivity index (χ3v) is 3.37. The molecule has 2 atom stereocenters. The van der Waals surface area contributed by atoms with E-state index >= 15 is 0 Å². The number of rotatable bonds is 4. The van der Waals surface area contributed by atoms with Crippen molar-refractivity contribution in [3.05, 3.63) is 36.0 Å². The molecule has 3 nitrogen and oxygen atoms in total. The zero-order valence-corrected chi connectivity index (χ0v) is 10.2. The van der Waals surface area contributed by atoms with Crippen molar-refractivity contribution in [2.75, 3.05) is 6.61 Å². The van der Waals surface area contributed by atoms with E-state index in [1.54, 1.807) is 6.20 Å². The van der Waals surface area contributed by atoms with Crippen molar-refractivity contribution in [1.82, 2.24) is 4.98 Å². The van der Waals surface area contributed by atoms with Gasteiger partial charge in [0.1, 0.15) is 0 Å². The highest BCUT2D eigenvalue weighted by Crippen LogP contribution is 2.26. The molecule has 0 aromatic carbocycles. The third kappa shape index (κ3) is 3.07. The summed E-state index contributed by atoms with van der Waals surface area (Å²) < 4.78 is 5.73. The summed E-state index contributed by atoms with van der Waals surface area (Å²) in [5.41, 5.74) is 0.756. The van der Waals surface area contributed by atoms with Gasteiger partial charge in [-0.2, -0.15) is 0 Å². The van der Waals surface area contributed by atoms with Crippen molar-refractivity contribution in [3.63, 3.8) is 0 Å². The van der Waals surface area contributed by atoms with Gasteiger partial charge in [-0.3, -0.25) is 0 Å². The van der Waals surface area contributed by atoms with Gasteiger partial charge in [-0.05, 0) is 36.8 Å². The predicted octanol–water partition coefficient (Wildman–Crippen LogP) is 2.56. The van der Waals surface area contributed by atoms with Crippen LogP contribution in [0.3, 0.4) is 0 Å². The first-order chi connectivity index (χ1) is 8.31. The molecule has 1 N–H and O–H groups in total. The smallest absolute Gasteiger partial charge is 0.218 e. The Morgan fingerprint density at radius 3 is 3.00 bits per heavy atom. The molecule has 0 saturated heterocycles. The first-order valence-electron chi connectivity index (χ1n) is 6.13. The Morgan fingerprint density at radius 2 is 2.24 bits per heavy atom. The summed E-state index contributed by atoms with van der Waals surface area (Å²) in [6, 6.07) is 3.65. The first-order valence-corrected chi connectivity index (χ1v) is 6.13. The van der Waals surface area contributed by atoms with E-state index < -0.39 is 0 Å². The van der Waals surface area contributed by atoms with Crippen LogP contribution in [0, 0.1) is 11.8 Å². The van der Waals surface area contributed by atoms with Crippen LogP contribution >= 0.6 is 0 Å². The normalized spacial score (nSPS) is 23.6. The molecule has 17 heavy (non-hydrogen) atoms. The molecular formula is C14H19NO2. The molecule has 2 unspecified atom stereocenters. The monoisotopic (exact) mass is 233 g/mol. The van der Waals surface area contributed by atoms with Gasteiger partial charge in [-0.25, -0.2) is 4.98 Å². The quantitative estimate of drug-likeness (QED) is 0.813. The van der Waals surface area contributed by atoms with Gasteiger partial charge in [0.05, 0.1) is 13.2 Å². The van der Waals surface area contributed by atoms with Crippen LogP contribution in [0.15, 0.2) is 30.5 Å². The number of hydrogen-bond donors (Lipinski definition) is 1. The topological polar surface area (TPSA) is 42.4 Å². The second kappa shape index (κ2) is 5.82.